The average Bonchev–Trinajstić information content (AvgIpc) is 2.62. The van der Waals surface area contributed by atoms with Crippen LogP contribution in [0.5, 0.6) is 0 Å². The lowest BCUT2D eigenvalue weighted by Gasteiger charge is -2.32. The second kappa shape index (κ2) is 4.82. The lowest BCUT2D eigenvalue weighted by atomic mass is 9.76. The van der Waals surface area contributed by atoms with Crippen LogP contribution in [-0.4, -0.2) is 5.11 Å². The van der Waals surface area contributed by atoms with Gasteiger partial charge >= 0.3 is 0 Å². The summed E-state index contributed by atoms with van der Waals surface area (Å²) in [7, 11) is 0. The first-order valence-corrected chi connectivity index (χ1v) is 6.84. The number of aliphatic hydroxyl groups is 1. The van der Waals surface area contributed by atoms with Gasteiger partial charge in [0.05, 0.1) is 6.10 Å². The predicted octanol–water partition coefficient (Wildman–Crippen LogP) is 4.65. The van der Waals surface area contributed by atoms with E-state index < -0.39 is 6.10 Å². The monoisotopic (exact) mass is 270 g/mol. The fourth-order valence-electron chi connectivity index (χ4n) is 3.06. The van der Waals surface area contributed by atoms with Crippen LogP contribution in [0.25, 0.3) is 0 Å². The van der Waals surface area contributed by atoms with Gasteiger partial charge in [-0.15, -0.1) is 0 Å². The fourth-order valence-corrected chi connectivity index (χ4v) is 3.32. The van der Waals surface area contributed by atoms with Gasteiger partial charge in [-0.3, -0.25) is 0 Å². The van der Waals surface area contributed by atoms with Gasteiger partial charge < -0.3 is 5.11 Å². The van der Waals surface area contributed by atoms with Crippen molar-refractivity contribution in [3.8, 4) is 0 Å². The molecule has 2 unspecified atom stereocenters. The van der Waals surface area contributed by atoms with Crippen LogP contribution in [-0.2, 0) is 0 Å². The molecule has 1 aromatic rings. The molecule has 0 radical (unpaired) electrons. The number of rotatable bonds is 2. The van der Waals surface area contributed by atoms with Crippen LogP contribution < -0.4 is 0 Å². The highest BCUT2D eigenvalue weighted by Gasteiger charge is 2.40. The maximum atomic E-state index is 13.4. The molecule has 2 atom stereocenters. The van der Waals surface area contributed by atoms with Crippen LogP contribution in [0.4, 0.5) is 4.39 Å². The summed E-state index contributed by atoms with van der Waals surface area (Å²) < 4.78 is 13.4. The first kappa shape index (κ1) is 13.8. The molecule has 1 nitrogen and oxygen atoms in total. The summed E-state index contributed by atoms with van der Waals surface area (Å²) in [6.07, 6.45) is 2.65. The summed E-state index contributed by atoms with van der Waals surface area (Å²) in [4.78, 5) is 0. The standard InChI is InChI=1S/C15H20ClFO/c1-9-7-10(12(16)8-13(9)17)14(18)11-5-4-6-15(11,2)3/h7-8,11,14,18H,4-6H2,1-3H3. The van der Waals surface area contributed by atoms with E-state index in [-0.39, 0.29) is 17.2 Å². The Kier molecular flexibility index (Phi) is 3.70. The minimum Gasteiger partial charge on any atom is -0.388 e. The van der Waals surface area contributed by atoms with Crippen LogP contribution in [0, 0.1) is 24.1 Å². The van der Waals surface area contributed by atoms with E-state index in [1.165, 1.54) is 6.07 Å². The van der Waals surface area contributed by atoms with Gasteiger partial charge in [-0.1, -0.05) is 31.9 Å². The average molecular weight is 271 g/mol. The molecular formula is C15H20ClFO. The summed E-state index contributed by atoms with van der Waals surface area (Å²) in [6.45, 7) is 6.05. The van der Waals surface area contributed by atoms with Gasteiger partial charge in [-0.05, 0) is 54.4 Å². The minimum absolute atomic E-state index is 0.116. The Hall–Kier alpha value is -0.600. The Morgan fingerprint density at radius 2 is 2.11 bits per heavy atom. The number of aryl methyl sites for hydroxylation is 1. The largest absolute Gasteiger partial charge is 0.388 e. The molecule has 0 aliphatic heterocycles. The number of aliphatic hydroxyl groups excluding tert-OH is 1. The Bertz CT molecular complexity index is 456. The third-order valence-corrected chi connectivity index (χ3v) is 4.65. The molecule has 2 rings (SSSR count). The third kappa shape index (κ3) is 2.41. The molecule has 3 heteroatoms. The molecular weight excluding hydrogens is 251 g/mol. The highest BCUT2D eigenvalue weighted by Crippen LogP contribution is 2.49. The van der Waals surface area contributed by atoms with E-state index in [1.807, 2.05) is 0 Å². The summed E-state index contributed by atoms with van der Waals surface area (Å²) in [5, 5.41) is 10.9. The van der Waals surface area contributed by atoms with Crippen molar-refractivity contribution in [1.82, 2.24) is 0 Å². The first-order chi connectivity index (χ1) is 8.33. The molecule has 100 valence electrons. The van der Waals surface area contributed by atoms with Crippen molar-refractivity contribution in [3.05, 3.63) is 34.1 Å². The normalized spacial score (nSPS) is 24.2. The maximum Gasteiger partial charge on any atom is 0.127 e. The number of halogens is 2. The Morgan fingerprint density at radius 1 is 1.44 bits per heavy atom. The molecule has 0 heterocycles. The Balaban J connectivity index is 2.34. The molecule has 1 aromatic carbocycles. The predicted molar refractivity (Wildman–Crippen MR) is 72.2 cm³/mol. The van der Waals surface area contributed by atoms with Crippen molar-refractivity contribution in [3.63, 3.8) is 0 Å². The summed E-state index contributed by atoms with van der Waals surface area (Å²) in [6, 6.07) is 2.98. The van der Waals surface area contributed by atoms with Crippen molar-refractivity contribution in [1.29, 1.82) is 0 Å². The van der Waals surface area contributed by atoms with E-state index in [9.17, 15) is 9.50 Å². The minimum atomic E-state index is -0.603. The number of hydrogen-bond acceptors (Lipinski definition) is 1. The van der Waals surface area contributed by atoms with Gasteiger partial charge in [0.2, 0.25) is 0 Å². The molecule has 0 bridgehead atoms. The van der Waals surface area contributed by atoms with Gasteiger partial charge in [0.1, 0.15) is 5.82 Å². The lowest BCUT2D eigenvalue weighted by Crippen LogP contribution is -2.24. The van der Waals surface area contributed by atoms with Gasteiger partial charge in [-0.25, -0.2) is 4.39 Å². The molecule has 1 N–H and O–H groups in total. The van der Waals surface area contributed by atoms with Gasteiger partial charge in [0.25, 0.3) is 0 Å². The Morgan fingerprint density at radius 3 is 2.67 bits per heavy atom. The van der Waals surface area contributed by atoms with Crippen molar-refractivity contribution in [2.75, 3.05) is 0 Å². The van der Waals surface area contributed by atoms with E-state index in [0.29, 0.717) is 16.1 Å². The van der Waals surface area contributed by atoms with Crippen molar-refractivity contribution < 1.29 is 9.50 Å². The smallest absolute Gasteiger partial charge is 0.127 e. The van der Waals surface area contributed by atoms with Crippen LogP contribution in [0.1, 0.15) is 50.3 Å². The molecule has 0 aromatic heterocycles. The molecule has 0 spiro atoms. The summed E-state index contributed by atoms with van der Waals surface area (Å²) in [5.74, 6) is -0.124. The van der Waals surface area contributed by atoms with Gasteiger partial charge in [0, 0.05) is 5.02 Å². The van der Waals surface area contributed by atoms with E-state index in [1.54, 1.807) is 13.0 Å². The molecule has 0 amide bonds. The molecule has 1 aliphatic carbocycles. The Labute approximate surface area is 113 Å². The molecule has 1 fully saturated rings. The van der Waals surface area contributed by atoms with Crippen molar-refractivity contribution >= 4 is 11.6 Å². The van der Waals surface area contributed by atoms with E-state index in [2.05, 4.69) is 13.8 Å². The van der Waals surface area contributed by atoms with E-state index in [0.717, 1.165) is 19.3 Å². The zero-order valence-electron chi connectivity index (χ0n) is 11.1. The van der Waals surface area contributed by atoms with Crippen LogP contribution >= 0.6 is 11.6 Å². The summed E-state index contributed by atoms with van der Waals surface area (Å²) >= 11 is 6.07. The van der Waals surface area contributed by atoms with Crippen LogP contribution in [0.15, 0.2) is 12.1 Å². The fraction of sp³-hybridized carbons (Fsp3) is 0.600. The first-order valence-electron chi connectivity index (χ1n) is 6.46. The highest BCUT2D eigenvalue weighted by atomic mass is 35.5. The second-order valence-electron chi connectivity index (χ2n) is 6.06. The van der Waals surface area contributed by atoms with Crippen LogP contribution in [0.3, 0.4) is 0 Å². The topological polar surface area (TPSA) is 20.2 Å². The van der Waals surface area contributed by atoms with Gasteiger partial charge in [-0.2, -0.15) is 0 Å². The zero-order valence-corrected chi connectivity index (χ0v) is 11.9. The highest BCUT2D eigenvalue weighted by molar-refractivity contribution is 6.31. The molecule has 0 saturated heterocycles. The maximum absolute atomic E-state index is 13.4. The number of hydrogen-bond donors (Lipinski definition) is 1. The lowest BCUT2D eigenvalue weighted by molar-refractivity contribution is 0.0531. The molecule has 1 aliphatic rings. The molecule has 1 saturated carbocycles. The quantitative estimate of drug-likeness (QED) is 0.830. The van der Waals surface area contributed by atoms with E-state index in [4.69, 9.17) is 11.6 Å². The SMILES string of the molecule is Cc1cc(C(O)C2CCCC2(C)C)c(Cl)cc1F. The van der Waals surface area contributed by atoms with Gasteiger partial charge in [0.15, 0.2) is 0 Å². The molecule has 18 heavy (non-hydrogen) atoms. The second-order valence-corrected chi connectivity index (χ2v) is 6.46. The van der Waals surface area contributed by atoms with E-state index >= 15 is 0 Å². The number of benzene rings is 1. The van der Waals surface area contributed by atoms with Crippen LogP contribution in [0.2, 0.25) is 5.02 Å². The summed E-state index contributed by atoms with van der Waals surface area (Å²) in [5.41, 5.74) is 1.31. The van der Waals surface area contributed by atoms with Crippen molar-refractivity contribution in [2.24, 2.45) is 11.3 Å². The third-order valence-electron chi connectivity index (χ3n) is 4.32. The zero-order chi connectivity index (χ0) is 13.5. The van der Waals surface area contributed by atoms with Crippen molar-refractivity contribution in [2.45, 2.75) is 46.1 Å².